The second-order valence-corrected chi connectivity index (χ2v) is 4.88. The molecule has 6 heteroatoms. The van der Waals surface area contributed by atoms with Gasteiger partial charge in [-0.1, -0.05) is 12.7 Å². The van der Waals surface area contributed by atoms with Crippen molar-refractivity contribution in [1.29, 1.82) is 0 Å². The van der Waals surface area contributed by atoms with Gasteiger partial charge in [0.25, 0.3) is 0 Å². The SMILES string of the molecule is C=CCOC(=O)C1=CS[C@H]2[C@@H](C(C)O)C(=O)N12. The topological polar surface area (TPSA) is 66.8 Å². The van der Waals surface area contributed by atoms with Crippen molar-refractivity contribution >= 4 is 23.6 Å². The van der Waals surface area contributed by atoms with E-state index < -0.39 is 18.0 Å². The third-order valence-electron chi connectivity index (χ3n) is 2.72. The van der Waals surface area contributed by atoms with E-state index in [4.69, 9.17) is 4.74 Å². The number of amides is 1. The molecule has 0 aromatic carbocycles. The van der Waals surface area contributed by atoms with Gasteiger partial charge in [-0.15, -0.1) is 11.8 Å². The lowest BCUT2D eigenvalue weighted by molar-refractivity contribution is -0.157. The van der Waals surface area contributed by atoms with Crippen molar-refractivity contribution in [3.05, 3.63) is 23.8 Å². The van der Waals surface area contributed by atoms with E-state index in [9.17, 15) is 14.7 Å². The molecule has 2 rings (SSSR count). The largest absolute Gasteiger partial charge is 0.457 e. The minimum absolute atomic E-state index is 0.118. The highest BCUT2D eigenvalue weighted by atomic mass is 32.2. The number of carbonyl (C=O) groups is 2. The number of fused-ring (bicyclic) bond motifs is 1. The van der Waals surface area contributed by atoms with E-state index in [2.05, 4.69) is 6.58 Å². The Morgan fingerprint density at radius 2 is 2.53 bits per heavy atom. The first-order chi connectivity index (χ1) is 8.07. The molecule has 0 saturated carbocycles. The number of aliphatic hydroxyl groups is 1. The van der Waals surface area contributed by atoms with Crippen LogP contribution in [0.3, 0.4) is 0 Å². The van der Waals surface area contributed by atoms with Crippen molar-refractivity contribution in [2.75, 3.05) is 6.61 Å². The summed E-state index contributed by atoms with van der Waals surface area (Å²) >= 11 is 1.36. The first-order valence-electron chi connectivity index (χ1n) is 5.22. The van der Waals surface area contributed by atoms with Gasteiger partial charge in [0.2, 0.25) is 5.91 Å². The maximum absolute atomic E-state index is 11.8. The number of hydrogen-bond donors (Lipinski definition) is 1. The first kappa shape index (κ1) is 12.2. The van der Waals surface area contributed by atoms with Crippen molar-refractivity contribution in [2.24, 2.45) is 5.92 Å². The minimum Gasteiger partial charge on any atom is -0.457 e. The highest BCUT2D eigenvalue weighted by Crippen LogP contribution is 2.46. The fraction of sp³-hybridized carbons (Fsp3) is 0.455. The van der Waals surface area contributed by atoms with E-state index in [0.717, 1.165) is 0 Å². The highest BCUT2D eigenvalue weighted by Gasteiger charge is 2.55. The molecule has 0 aliphatic carbocycles. The molecule has 0 bridgehead atoms. The van der Waals surface area contributed by atoms with Gasteiger partial charge in [0.1, 0.15) is 17.7 Å². The number of β-lactam (4-membered cyclic amide) rings is 1. The van der Waals surface area contributed by atoms with Crippen LogP contribution in [0.1, 0.15) is 6.92 Å². The molecule has 2 aliphatic heterocycles. The van der Waals surface area contributed by atoms with Crippen LogP contribution in [0.4, 0.5) is 0 Å². The smallest absolute Gasteiger partial charge is 0.355 e. The van der Waals surface area contributed by atoms with Gasteiger partial charge in [-0.2, -0.15) is 0 Å². The Morgan fingerprint density at radius 1 is 1.82 bits per heavy atom. The summed E-state index contributed by atoms with van der Waals surface area (Å²) in [6.07, 6.45) is 0.766. The Labute approximate surface area is 103 Å². The molecule has 2 aliphatic rings. The average molecular weight is 255 g/mol. The highest BCUT2D eigenvalue weighted by molar-refractivity contribution is 8.03. The van der Waals surface area contributed by atoms with Gasteiger partial charge in [-0.05, 0) is 6.92 Å². The van der Waals surface area contributed by atoms with Crippen molar-refractivity contribution in [3.63, 3.8) is 0 Å². The lowest BCUT2D eigenvalue weighted by Gasteiger charge is -2.43. The molecule has 0 spiro atoms. The van der Waals surface area contributed by atoms with Gasteiger partial charge in [0.05, 0.1) is 12.0 Å². The number of thioether (sulfide) groups is 1. The summed E-state index contributed by atoms with van der Waals surface area (Å²) in [5, 5.41) is 10.9. The molecule has 1 N–H and O–H groups in total. The van der Waals surface area contributed by atoms with Crippen LogP contribution >= 0.6 is 11.8 Å². The molecular weight excluding hydrogens is 242 g/mol. The average Bonchev–Trinajstić information content (AvgIpc) is 2.64. The molecule has 1 fully saturated rings. The lowest BCUT2D eigenvalue weighted by Crippen LogP contribution is -2.60. The van der Waals surface area contributed by atoms with Crippen LogP contribution in [0.5, 0.6) is 0 Å². The third kappa shape index (κ3) is 1.87. The fourth-order valence-corrected chi connectivity index (χ4v) is 3.21. The molecule has 2 heterocycles. The Hall–Kier alpha value is -1.27. The monoisotopic (exact) mass is 255 g/mol. The number of hydrogen-bond acceptors (Lipinski definition) is 5. The molecule has 5 nitrogen and oxygen atoms in total. The maximum atomic E-state index is 11.8. The molecule has 1 unspecified atom stereocenters. The van der Waals surface area contributed by atoms with E-state index in [-0.39, 0.29) is 23.6 Å². The fourth-order valence-electron chi connectivity index (χ4n) is 1.88. The molecular formula is C11H13NO4S. The summed E-state index contributed by atoms with van der Waals surface area (Å²) in [6.45, 7) is 5.14. The van der Waals surface area contributed by atoms with Crippen molar-refractivity contribution in [1.82, 2.24) is 4.90 Å². The zero-order valence-electron chi connectivity index (χ0n) is 9.33. The lowest BCUT2D eigenvalue weighted by atomic mass is 9.92. The van der Waals surface area contributed by atoms with E-state index in [1.807, 2.05) is 0 Å². The van der Waals surface area contributed by atoms with Crippen LogP contribution in [0.25, 0.3) is 0 Å². The van der Waals surface area contributed by atoms with Crippen LogP contribution in [0, 0.1) is 5.92 Å². The second kappa shape index (κ2) is 4.54. The summed E-state index contributed by atoms with van der Waals surface area (Å²) < 4.78 is 4.88. The quantitative estimate of drug-likeness (QED) is 0.449. The molecule has 0 aromatic heterocycles. The molecule has 17 heavy (non-hydrogen) atoms. The number of carbonyl (C=O) groups excluding carboxylic acids is 2. The molecule has 1 amide bonds. The van der Waals surface area contributed by atoms with Crippen molar-refractivity contribution in [2.45, 2.75) is 18.4 Å². The summed E-state index contributed by atoms with van der Waals surface area (Å²) in [5.74, 6) is -1.19. The predicted molar refractivity (Wildman–Crippen MR) is 62.6 cm³/mol. The van der Waals surface area contributed by atoms with Gasteiger partial charge in [0, 0.05) is 5.41 Å². The zero-order chi connectivity index (χ0) is 12.6. The van der Waals surface area contributed by atoms with Crippen LogP contribution in [0.15, 0.2) is 23.8 Å². The van der Waals surface area contributed by atoms with Gasteiger partial charge in [-0.25, -0.2) is 4.79 Å². The van der Waals surface area contributed by atoms with Gasteiger partial charge in [0.15, 0.2) is 0 Å². The first-order valence-corrected chi connectivity index (χ1v) is 6.17. The number of ether oxygens (including phenoxy) is 1. The van der Waals surface area contributed by atoms with E-state index in [1.54, 1.807) is 12.3 Å². The van der Waals surface area contributed by atoms with Crippen LogP contribution < -0.4 is 0 Å². The number of aliphatic hydroxyl groups excluding tert-OH is 1. The molecule has 1 saturated heterocycles. The number of esters is 1. The standard InChI is InChI=1S/C11H13NO4S/c1-3-4-16-11(15)7-5-17-10-8(6(2)13)9(14)12(7)10/h3,5-6,8,10,13H,1,4H2,2H3/t6?,8-,10-/m0/s1. The maximum Gasteiger partial charge on any atom is 0.355 e. The van der Waals surface area contributed by atoms with E-state index in [1.165, 1.54) is 22.7 Å². The Kier molecular flexibility index (Phi) is 3.26. The predicted octanol–water partition coefficient (Wildman–Crippen LogP) is 0.469. The summed E-state index contributed by atoms with van der Waals surface area (Å²) in [7, 11) is 0. The number of rotatable bonds is 4. The molecule has 3 atom stereocenters. The molecule has 0 aromatic rings. The van der Waals surface area contributed by atoms with E-state index in [0.29, 0.717) is 0 Å². The summed E-state index contributed by atoms with van der Waals surface area (Å²) in [4.78, 5) is 24.7. The summed E-state index contributed by atoms with van der Waals surface area (Å²) in [6, 6.07) is 0. The third-order valence-corrected chi connectivity index (χ3v) is 3.87. The minimum atomic E-state index is -0.701. The van der Waals surface area contributed by atoms with Gasteiger partial charge < -0.3 is 9.84 Å². The van der Waals surface area contributed by atoms with Crippen LogP contribution in [0.2, 0.25) is 0 Å². The van der Waals surface area contributed by atoms with E-state index >= 15 is 0 Å². The van der Waals surface area contributed by atoms with Gasteiger partial charge in [-0.3, -0.25) is 9.69 Å². The normalized spacial score (nSPS) is 28.0. The second-order valence-electron chi connectivity index (χ2n) is 3.89. The Morgan fingerprint density at radius 3 is 3.12 bits per heavy atom. The molecule has 0 radical (unpaired) electrons. The zero-order valence-corrected chi connectivity index (χ0v) is 10.1. The summed E-state index contributed by atoms with van der Waals surface area (Å²) in [5.41, 5.74) is 0.253. The van der Waals surface area contributed by atoms with Crippen LogP contribution in [-0.2, 0) is 14.3 Å². The number of nitrogens with zero attached hydrogens (tertiary/aromatic N) is 1. The van der Waals surface area contributed by atoms with Gasteiger partial charge >= 0.3 is 5.97 Å². The molecule has 92 valence electrons. The van der Waals surface area contributed by atoms with Crippen molar-refractivity contribution < 1.29 is 19.4 Å². The Bertz CT molecular complexity index is 404. The Balaban J connectivity index is 2.03. The van der Waals surface area contributed by atoms with Crippen LogP contribution in [-0.4, -0.2) is 40.0 Å². The van der Waals surface area contributed by atoms with Crippen molar-refractivity contribution in [3.8, 4) is 0 Å².